The van der Waals surface area contributed by atoms with Crippen LogP contribution in [0.5, 0.6) is 0 Å². The van der Waals surface area contributed by atoms with Crippen LogP contribution < -0.4 is 5.56 Å². The number of para-hydroxylation sites is 1. The Morgan fingerprint density at radius 1 is 0.861 bits per heavy atom. The number of hydrogen-bond donors (Lipinski definition) is 0. The summed E-state index contributed by atoms with van der Waals surface area (Å²) < 4.78 is 19.1. The highest BCUT2D eigenvalue weighted by Crippen LogP contribution is 2.30. The topological polar surface area (TPSA) is 82.9 Å². The Bertz CT molecular complexity index is 1760. The zero-order valence-electron chi connectivity index (χ0n) is 19.2. The van der Waals surface area contributed by atoms with Crippen molar-refractivity contribution in [1.82, 2.24) is 33.9 Å². The molecule has 0 spiro atoms. The van der Waals surface area contributed by atoms with Gasteiger partial charge in [-0.3, -0.25) is 18.3 Å². The molecule has 36 heavy (non-hydrogen) atoms. The maximum absolute atomic E-state index is 13.7. The number of thioether (sulfide) groups is 1. The summed E-state index contributed by atoms with van der Waals surface area (Å²) in [4.78, 5) is 13.0. The van der Waals surface area contributed by atoms with Crippen molar-refractivity contribution in [3.05, 3.63) is 101 Å². The molecule has 0 N–H and O–H groups in total. The second-order valence-electron chi connectivity index (χ2n) is 8.09. The molecule has 0 aliphatic rings. The summed E-state index contributed by atoms with van der Waals surface area (Å²) in [6.07, 6.45) is 0. The van der Waals surface area contributed by atoms with Gasteiger partial charge in [0.15, 0.2) is 11.0 Å². The first-order valence-corrected chi connectivity index (χ1v) is 12.4. The molecule has 8 nitrogen and oxygen atoms in total. The smallest absolute Gasteiger partial charge is 0.262 e. The second kappa shape index (κ2) is 9.04. The summed E-state index contributed by atoms with van der Waals surface area (Å²) in [7, 11) is 0. The first-order chi connectivity index (χ1) is 17.7. The molecule has 0 aliphatic heterocycles. The number of aromatic nitrogens is 7. The Hall–Kier alpha value is -4.31. The standard InChI is InChI=1S/C26H20FN7OS/c1-2-32-24(35)20-10-6-7-11-21(20)34-22(28-30-25(32)34)16-36-26-31-29-23(17-8-4-3-5-9-17)33(26)19-14-12-18(27)13-15-19/h3-15H,2,16H2,1H3. The summed E-state index contributed by atoms with van der Waals surface area (Å²) >= 11 is 1.45. The molecule has 3 aromatic heterocycles. The van der Waals surface area contributed by atoms with Crippen LogP contribution in [0.4, 0.5) is 4.39 Å². The summed E-state index contributed by atoms with van der Waals surface area (Å²) in [6, 6.07) is 23.4. The highest BCUT2D eigenvalue weighted by atomic mass is 32.2. The number of rotatable bonds is 6. The number of hydrogen-bond acceptors (Lipinski definition) is 6. The van der Waals surface area contributed by atoms with Crippen LogP contribution in [0.1, 0.15) is 12.7 Å². The number of aryl methyl sites for hydroxylation is 1. The van der Waals surface area contributed by atoms with Gasteiger partial charge in [-0.15, -0.1) is 20.4 Å². The number of halogens is 1. The van der Waals surface area contributed by atoms with Crippen LogP contribution in [-0.2, 0) is 12.3 Å². The molecule has 0 bridgehead atoms. The maximum atomic E-state index is 13.7. The van der Waals surface area contributed by atoms with Gasteiger partial charge in [-0.05, 0) is 43.3 Å². The summed E-state index contributed by atoms with van der Waals surface area (Å²) in [5.74, 6) is 1.96. The number of benzene rings is 3. The van der Waals surface area contributed by atoms with Crippen LogP contribution in [-0.4, -0.2) is 33.9 Å². The molecule has 0 aliphatic carbocycles. The fourth-order valence-corrected chi connectivity index (χ4v) is 5.15. The molecule has 0 saturated heterocycles. The Morgan fingerprint density at radius 2 is 1.61 bits per heavy atom. The Kier molecular flexibility index (Phi) is 5.57. The minimum absolute atomic E-state index is 0.0873. The van der Waals surface area contributed by atoms with E-state index in [1.807, 2.05) is 70.5 Å². The SMILES string of the molecule is CCn1c(=O)c2ccccc2n2c(CSc3nnc(-c4ccccc4)n3-c3ccc(F)cc3)nnc12. The number of nitrogens with zero attached hydrogens (tertiary/aromatic N) is 7. The lowest BCUT2D eigenvalue weighted by Crippen LogP contribution is -2.22. The molecule has 0 amide bonds. The van der Waals surface area contributed by atoms with Gasteiger partial charge < -0.3 is 0 Å². The minimum Gasteiger partial charge on any atom is -0.277 e. The molecule has 6 rings (SSSR count). The van der Waals surface area contributed by atoms with E-state index in [4.69, 9.17) is 0 Å². The van der Waals surface area contributed by atoms with Gasteiger partial charge in [-0.25, -0.2) is 4.39 Å². The van der Waals surface area contributed by atoms with Crippen LogP contribution in [0.15, 0.2) is 88.8 Å². The molecule has 178 valence electrons. The third-order valence-electron chi connectivity index (χ3n) is 5.97. The Morgan fingerprint density at radius 3 is 2.39 bits per heavy atom. The van der Waals surface area contributed by atoms with E-state index < -0.39 is 0 Å². The fraction of sp³-hybridized carbons (Fsp3) is 0.115. The van der Waals surface area contributed by atoms with Gasteiger partial charge in [0, 0.05) is 17.8 Å². The zero-order valence-corrected chi connectivity index (χ0v) is 20.1. The second-order valence-corrected chi connectivity index (χ2v) is 9.03. The lowest BCUT2D eigenvalue weighted by atomic mass is 10.2. The van der Waals surface area contributed by atoms with E-state index in [1.165, 1.54) is 23.9 Å². The van der Waals surface area contributed by atoms with Gasteiger partial charge in [0.1, 0.15) is 11.6 Å². The molecule has 3 aromatic carbocycles. The van der Waals surface area contributed by atoms with E-state index >= 15 is 0 Å². The van der Waals surface area contributed by atoms with Crippen molar-refractivity contribution < 1.29 is 4.39 Å². The van der Waals surface area contributed by atoms with Crippen LogP contribution in [0.3, 0.4) is 0 Å². The van der Waals surface area contributed by atoms with Crippen LogP contribution in [0.25, 0.3) is 33.8 Å². The van der Waals surface area contributed by atoms with Crippen molar-refractivity contribution in [2.45, 2.75) is 24.4 Å². The predicted molar refractivity (Wildman–Crippen MR) is 137 cm³/mol. The highest BCUT2D eigenvalue weighted by Gasteiger charge is 2.19. The summed E-state index contributed by atoms with van der Waals surface area (Å²) in [5, 5.41) is 18.9. The first kappa shape index (κ1) is 22.2. The fourth-order valence-electron chi connectivity index (χ4n) is 4.28. The molecule has 0 atom stereocenters. The maximum Gasteiger partial charge on any atom is 0.262 e. The molecular formula is C26H20FN7OS. The normalized spacial score (nSPS) is 11.5. The lowest BCUT2D eigenvalue weighted by Gasteiger charge is -2.11. The largest absolute Gasteiger partial charge is 0.277 e. The quantitative estimate of drug-likeness (QED) is 0.309. The van der Waals surface area contributed by atoms with Crippen LogP contribution >= 0.6 is 11.8 Å². The molecule has 0 saturated carbocycles. The molecule has 6 aromatic rings. The molecule has 3 heterocycles. The van der Waals surface area contributed by atoms with Gasteiger partial charge in [0.05, 0.1) is 16.7 Å². The molecule has 0 radical (unpaired) electrons. The van der Waals surface area contributed by atoms with Crippen molar-refractivity contribution in [3.63, 3.8) is 0 Å². The molecule has 10 heteroatoms. The van der Waals surface area contributed by atoms with Crippen LogP contribution in [0, 0.1) is 5.82 Å². The summed E-state index contributed by atoms with van der Waals surface area (Å²) in [6.45, 7) is 2.40. The van der Waals surface area contributed by atoms with Gasteiger partial charge in [-0.2, -0.15) is 0 Å². The van der Waals surface area contributed by atoms with Crippen molar-refractivity contribution >= 4 is 28.4 Å². The zero-order chi connectivity index (χ0) is 24.6. The van der Waals surface area contributed by atoms with E-state index in [2.05, 4.69) is 20.4 Å². The average Bonchev–Trinajstić information content (AvgIpc) is 3.53. The van der Waals surface area contributed by atoms with E-state index in [9.17, 15) is 9.18 Å². The molecule has 0 unspecified atom stereocenters. The van der Waals surface area contributed by atoms with Crippen molar-refractivity contribution in [3.8, 4) is 17.1 Å². The van der Waals surface area contributed by atoms with Crippen molar-refractivity contribution in [2.75, 3.05) is 0 Å². The highest BCUT2D eigenvalue weighted by molar-refractivity contribution is 7.98. The van der Waals surface area contributed by atoms with Gasteiger partial charge in [-0.1, -0.05) is 54.2 Å². The van der Waals surface area contributed by atoms with E-state index in [0.29, 0.717) is 40.3 Å². The minimum atomic E-state index is -0.314. The summed E-state index contributed by atoms with van der Waals surface area (Å²) in [5.41, 5.74) is 2.31. The third-order valence-corrected chi connectivity index (χ3v) is 6.90. The van der Waals surface area contributed by atoms with E-state index in [1.54, 1.807) is 16.7 Å². The van der Waals surface area contributed by atoms with Crippen molar-refractivity contribution in [2.24, 2.45) is 0 Å². The van der Waals surface area contributed by atoms with Gasteiger partial charge >= 0.3 is 0 Å². The average molecular weight is 498 g/mol. The monoisotopic (exact) mass is 497 g/mol. The Balaban J connectivity index is 1.45. The predicted octanol–water partition coefficient (Wildman–Crippen LogP) is 4.74. The van der Waals surface area contributed by atoms with E-state index in [-0.39, 0.29) is 11.4 Å². The number of fused-ring (bicyclic) bond motifs is 3. The lowest BCUT2D eigenvalue weighted by molar-refractivity contribution is 0.627. The molecular weight excluding hydrogens is 477 g/mol. The first-order valence-electron chi connectivity index (χ1n) is 11.4. The Labute approximate surface area is 209 Å². The van der Waals surface area contributed by atoms with Crippen molar-refractivity contribution in [1.29, 1.82) is 0 Å². The van der Waals surface area contributed by atoms with Gasteiger partial charge in [0.25, 0.3) is 5.56 Å². The van der Waals surface area contributed by atoms with Crippen LogP contribution in [0.2, 0.25) is 0 Å². The third kappa shape index (κ3) is 3.66. The van der Waals surface area contributed by atoms with Gasteiger partial charge in [0.2, 0.25) is 5.78 Å². The molecule has 0 fully saturated rings. The van der Waals surface area contributed by atoms with E-state index in [0.717, 1.165) is 16.8 Å².